The van der Waals surface area contributed by atoms with E-state index in [0.29, 0.717) is 46.2 Å². The first-order valence-corrected chi connectivity index (χ1v) is 7.12. The summed E-state index contributed by atoms with van der Waals surface area (Å²) in [5.41, 5.74) is 0.961. The molecular weight excluding hydrogens is 276 g/mol. The Bertz CT molecular complexity index is 392. The summed E-state index contributed by atoms with van der Waals surface area (Å²) in [6.07, 6.45) is -0.284. The van der Waals surface area contributed by atoms with Crippen molar-refractivity contribution in [1.82, 2.24) is 0 Å². The minimum Gasteiger partial charge on any atom is -0.491 e. The third-order valence-electron chi connectivity index (χ3n) is 2.86. The van der Waals surface area contributed by atoms with Gasteiger partial charge in [0.05, 0.1) is 46.2 Å². The molecule has 0 atom stereocenters. The van der Waals surface area contributed by atoms with Crippen LogP contribution in [0.3, 0.4) is 0 Å². The van der Waals surface area contributed by atoms with Gasteiger partial charge < -0.3 is 28.8 Å². The zero-order valence-corrected chi connectivity index (χ0v) is 12.0. The first kappa shape index (κ1) is 16.2. The van der Waals surface area contributed by atoms with Crippen LogP contribution in [0.15, 0.2) is 24.3 Å². The predicted octanol–water partition coefficient (Wildman–Crippen LogP) is 1.14. The van der Waals surface area contributed by atoms with Crippen LogP contribution in [0.1, 0.15) is 11.9 Å². The van der Waals surface area contributed by atoms with Gasteiger partial charge in [0.25, 0.3) is 0 Å². The highest BCUT2D eigenvalue weighted by Gasteiger charge is 2.18. The van der Waals surface area contributed by atoms with Crippen LogP contribution in [0.4, 0.5) is 0 Å². The second-order valence-electron chi connectivity index (χ2n) is 4.44. The lowest BCUT2D eigenvalue weighted by Crippen LogP contribution is -2.12. The summed E-state index contributed by atoms with van der Waals surface area (Å²) in [6.45, 7) is 3.56. The van der Waals surface area contributed by atoms with Crippen LogP contribution in [0.2, 0.25) is 0 Å². The van der Waals surface area contributed by atoms with Gasteiger partial charge in [-0.25, -0.2) is 0 Å². The number of aliphatic hydroxyl groups is 1. The lowest BCUT2D eigenvalue weighted by atomic mass is 10.2. The van der Waals surface area contributed by atoms with Gasteiger partial charge in [0.2, 0.25) is 0 Å². The molecule has 1 fully saturated rings. The van der Waals surface area contributed by atoms with E-state index in [1.54, 1.807) is 0 Å². The van der Waals surface area contributed by atoms with Gasteiger partial charge in [0.15, 0.2) is 6.29 Å². The van der Waals surface area contributed by atoms with E-state index in [4.69, 9.17) is 28.8 Å². The third kappa shape index (κ3) is 5.99. The van der Waals surface area contributed by atoms with E-state index in [2.05, 4.69) is 0 Å². The van der Waals surface area contributed by atoms with Crippen molar-refractivity contribution in [2.24, 2.45) is 0 Å². The summed E-state index contributed by atoms with van der Waals surface area (Å²) in [5.74, 6) is 0.770. The molecule has 21 heavy (non-hydrogen) atoms. The van der Waals surface area contributed by atoms with E-state index in [0.717, 1.165) is 11.3 Å². The molecule has 1 aromatic carbocycles. The van der Waals surface area contributed by atoms with Gasteiger partial charge in [0, 0.05) is 5.56 Å². The Morgan fingerprint density at radius 3 is 2.48 bits per heavy atom. The molecule has 2 rings (SSSR count). The molecule has 1 heterocycles. The van der Waals surface area contributed by atoms with Crippen LogP contribution in [0.5, 0.6) is 5.75 Å². The summed E-state index contributed by atoms with van der Waals surface area (Å²) in [4.78, 5) is 0. The fraction of sp³-hybridized carbons (Fsp3) is 0.600. The predicted molar refractivity (Wildman–Crippen MR) is 75.3 cm³/mol. The first-order chi connectivity index (χ1) is 10.4. The van der Waals surface area contributed by atoms with E-state index in [1.165, 1.54) is 0 Å². The van der Waals surface area contributed by atoms with Crippen LogP contribution in [-0.2, 0) is 18.9 Å². The molecule has 1 aliphatic rings. The summed E-state index contributed by atoms with van der Waals surface area (Å²) < 4.78 is 26.9. The Hall–Kier alpha value is -1.18. The van der Waals surface area contributed by atoms with Crippen LogP contribution >= 0.6 is 0 Å². The number of rotatable bonds is 10. The fourth-order valence-corrected chi connectivity index (χ4v) is 1.91. The molecule has 0 aliphatic carbocycles. The van der Waals surface area contributed by atoms with Crippen LogP contribution in [0.25, 0.3) is 0 Å². The minimum absolute atomic E-state index is 0.0356. The van der Waals surface area contributed by atoms with Gasteiger partial charge in [-0.15, -0.1) is 0 Å². The van der Waals surface area contributed by atoms with E-state index in [9.17, 15) is 0 Å². The van der Waals surface area contributed by atoms with Gasteiger partial charge in [-0.3, -0.25) is 0 Å². The maximum absolute atomic E-state index is 8.53. The van der Waals surface area contributed by atoms with E-state index in [1.807, 2.05) is 24.3 Å². The molecule has 0 aromatic heterocycles. The van der Waals surface area contributed by atoms with Crippen molar-refractivity contribution in [3.63, 3.8) is 0 Å². The highest BCUT2D eigenvalue weighted by molar-refractivity contribution is 5.29. The molecule has 0 spiro atoms. The molecule has 0 saturated carbocycles. The topological polar surface area (TPSA) is 66.4 Å². The zero-order valence-electron chi connectivity index (χ0n) is 12.0. The summed E-state index contributed by atoms with van der Waals surface area (Å²) in [5, 5.41) is 8.53. The Labute approximate surface area is 124 Å². The molecule has 1 aromatic rings. The average Bonchev–Trinajstić information content (AvgIpc) is 3.05. The monoisotopic (exact) mass is 298 g/mol. The Morgan fingerprint density at radius 2 is 1.71 bits per heavy atom. The lowest BCUT2D eigenvalue weighted by Gasteiger charge is -2.12. The average molecular weight is 298 g/mol. The van der Waals surface area contributed by atoms with Crippen molar-refractivity contribution in [2.75, 3.05) is 52.9 Å². The van der Waals surface area contributed by atoms with Gasteiger partial charge in [-0.1, -0.05) is 12.1 Å². The molecule has 0 unspecified atom stereocenters. The molecule has 6 heteroatoms. The number of hydrogen-bond donors (Lipinski definition) is 1. The molecule has 6 nitrogen and oxygen atoms in total. The number of benzene rings is 1. The largest absolute Gasteiger partial charge is 0.491 e. The molecule has 0 bridgehead atoms. The van der Waals surface area contributed by atoms with Crippen LogP contribution < -0.4 is 4.74 Å². The maximum atomic E-state index is 8.53. The molecule has 0 radical (unpaired) electrons. The van der Waals surface area contributed by atoms with Crippen molar-refractivity contribution in [3.8, 4) is 5.75 Å². The quantitative estimate of drug-likeness (QED) is 0.653. The standard InChI is InChI=1S/C15H22O6/c16-4-5-17-6-7-18-8-9-19-14-3-1-2-13(12-14)15-20-10-11-21-15/h1-3,12,15-16H,4-11H2. The second-order valence-corrected chi connectivity index (χ2v) is 4.44. The minimum atomic E-state index is -0.284. The van der Waals surface area contributed by atoms with Crippen molar-refractivity contribution in [3.05, 3.63) is 29.8 Å². The highest BCUT2D eigenvalue weighted by Crippen LogP contribution is 2.26. The molecule has 118 valence electrons. The third-order valence-corrected chi connectivity index (χ3v) is 2.86. The normalized spacial score (nSPS) is 15.5. The van der Waals surface area contributed by atoms with Crippen molar-refractivity contribution in [1.29, 1.82) is 0 Å². The van der Waals surface area contributed by atoms with Gasteiger partial charge in [0.1, 0.15) is 12.4 Å². The molecule has 1 aliphatic heterocycles. The zero-order chi connectivity index (χ0) is 14.8. The number of aliphatic hydroxyl groups excluding tert-OH is 1. The van der Waals surface area contributed by atoms with Crippen molar-refractivity contribution >= 4 is 0 Å². The second kappa shape index (κ2) is 9.70. The van der Waals surface area contributed by atoms with E-state index < -0.39 is 0 Å². The summed E-state index contributed by atoms with van der Waals surface area (Å²) in [6, 6.07) is 7.68. The van der Waals surface area contributed by atoms with E-state index >= 15 is 0 Å². The Morgan fingerprint density at radius 1 is 1.00 bits per heavy atom. The van der Waals surface area contributed by atoms with Crippen molar-refractivity contribution in [2.45, 2.75) is 6.29 Å². The Balaban J connectivity index is 1.61. The Kier molecular flexibility index (Phi) is 7.48. The first-order valence-electron chi connectivity index (χ1n) is 7.12. The maximum Gasteiger partial charge on any atom is 0.184 e. The fourth-order valence-electron chi connectivity index (χ4n) is 1.91. The lowest BCUT2D eigenvalue weighted by molar-refractivity contribution is -0.0442. The highest BCUT2D eigenvalue weighted by atomic mass is 16.7. The van der Waals surface area contributed by atoms with Crippen LogP contribution in [-0.4, -0.2) is 58.0 Å². The van der Waals surface area contributed by atoms with Crippen LogP contribution in [0, 0.1) is 0 Å². The molecular formula is C15H22O6. The molecule has 0 amide bonds. The van der Waals surface area contributed by atoms with Gasteiger partial charge >= 0.3 is 0 Å². The van der Waals surface area contributed by atoms with E-state index in [-0.39, 0.29) is 12.9 Å². The van der Waals surface area contributed by atoms with Crippen molar-refractivity contribution < 1.29 is 28.8 Å². The van der Waals surface area contributed by atoms with Gasteiger partial charge in [-0.05, 0) is 12.1 Å². The number of hydrogen-bond acceptors (Lipinski definition) is 6. The summed E-state index contributed by atoms with van der Waals surface area (Å²) >= 11 is 0. The molecule has 1 saturated heterocycles. The molecule has 1 N–H and O–H groups in total. The SMILES string of the molecule is OCCOCCOCCOc1cccc(C2OCCO2)c1. The smallest absolute Gasteiger partial charge is 0.184 e. The number of ether oxygens (including phenoxy) is 5. The summed E-state index contributed by atoms with van der Waals surface area (Å²) in [7, 11) is 0. The van der Waals surface area contributed by atoms with Gasteiger partial charge in [-0.2, -0.15) is 0 Å².